The molecule has 0 saturated carbocycles. The van der Waals surface area contributed by atoms with Crippen LogP contribution in [0.2, 0.25) is 0 Å². The first-order chi connectivity index (χ1) is 8.95. The predicted molar refractivity (Wildman–Crippen MR) is 66.3 cm³/mol. The lowest BCUT2D eigenvalue weighted by atomic mass is 10.1. The highest BCUT2D eigenvalue weighted by Gasteiger charge is 2.33. The van der Waals surface area contributed by atoms with E-state index in [1.165, 1.54) is 10.5 Å². The van der Waals surface area contributed by atoms with E-state index in [9.17, 15) is 13.2 Å². The first-order valence-corrected chi connectivity index (χ1v) is 7.42. The molecular formula is C11H16N2O5S. The lowest BCUT2D eigenvalue weighted by Crippen LogP contribution is -2.28. The normalized spacial score (nSPS) is 20.8. The number of rotatable bonds is 5. The van der Waals surface area contributed by atoms with Crippen molar-refractivity contribution in [3.05, 3.63) is 18.0 Å². The van der Waals surface area contributed by atoms with Gasteiger partial charge in [-0.15, -0.1) is 0 Å². The first kappa shape index (κ1) is 14.0. The highest BCUT2D eigenvalue weighted by molar-refractivity contribution is 7.89. The van der Waals surface area contributed by atoms with Crippen molar-refractivity contribution in [1.29, 1.82) is 0 Å². The van der Waals surface area contributed by atoms with Gasteiger partial charge in [0.25, 0.3) is 0 Å². The maximum Gasteiger partial charge on any atom is 0.352 e. The molecule has 2 heterocycles. The third-order valence-electron chi connectivity index (χ3n) is 3.31. The van der Waals surface area contributed by atoms with Gasteiger partial charge in [0.05, 0.1) is 0 Å². The zero-order valence-corrected chi connectivity index (χ0v) is 11.1. The van der Waals surface area contributed by atoms with E-state index in [4.69, 9.17) is 10.2 Å². The van der Waals surface area contributed by atoms with Gasteiger partial charge in [0.1, 0.15) is 10.6 Å². The van der Waals surface area contributed by atoms with Gasteiger partial charge in [0, 0.05) is 25.9 Å². The van der Waals surface area contributed by atoms with Crippen LogP contribution in [0.25, 0.3) is 0 Å². The molecule has 0 aliphatic carbocycles. The first-order valence-electron chi connectivity index (χ1n) is 5.98. The Bertz CT molecular complexity index is 565. The quantitative estimate of drug-likeness (QED) is 0.712. The number of aromatic amines is 1. The van der Waals surface area contributed by atoms with Crippen molar-refractivity contribution >= 4 is 16.0 Å². The monoisotopic (exact) mass is 288 g/mol. The molecule has 0 aromatic carbocycles. The number of carbonyl (C=O) groups is 1. The number of nitrogens with one attached hydrogen (secondary N) is 1. The third kappa shape index (κ3) is 2.80. The molecule has 3 N–H and O–H groups in total. The van der Waals surface area contributed by atoms with Gasteiger partial charge < -0.3 is 15.2 Å². The van der Waals surface area contributed by atoms with Crippen LogP contribution in [0, 0.1) is 5.92 Å². The summed E-state index contributed by atoms with van der Waals surface area (Å²) in [5, 5.41) is 17.6. The maximum absolute atomic E-state index is 12.3. The van der Waals surface area contributed by atoms with Crippen LogP contribution >= 0.6 is 0 Å². The Morgan fingerprint density at radius 3 is 2.84 bits per heavy atom. The fraction of sp³-hybridized carbons (Fsp3) is 0.545. The molecule has 1 fully saturated rings. The highest BCUT2D eigenvalue weighted by Crippen LogP contribution is 2.26. The number of aliphatic hydroxyl groups is 1. The van der Waals surface area contributed by atoms with Crippen molar-refractivity contribution in [3.63, 3.8) is 0 Å². The molecule has 0 radical (unpaired) electrons. The molecule has 1 aromatic heterocycles. The lowest BCUT2D eigenvalue weighted by molar-refractivity contribution is 0.0691. The second-order valence-electron chi connectivity index (χ2n) is 4.58. The summed E-state index contributed by atoms with van der Waals surface area (Å²) in [7, 11) is -3.65. The molecule has 19 heavy (non-hydrogen) atoms. The van der Waals surface area contributed by atoms with E-state index in [0.29, 0.717) is 19.5 Å². The van der Waals surface area contributed by atoms with Crippen molar-refractivity contribution in [1.82, 2.24) is 9.29 Å². The Kier molecular flexibility index (Phi) is 3.93. The minimum Gasteiger partial charge on any atom is -0.477 e. The second-order valence-corrected chi connectivity index (χ2v) is 6.52. The SMILES string of the molecule is O=C(O)c1cc(S(=O)(=O)N2CCC(CCO)C2)c[nH]1. The Morgan fingerprint density at radius 1 is 1.53 bits per heavy atom. The van der Waals surface area contributed by atoms with E-state index < -0.39 is 16.0 Å². The molecule has 1 aromatic rings. The molecule has 8 heteroatoms. The van der Waals surface area contributed by atoms with Gasteiger partial charge >= 0.3 is 5.97 Å². The summed E-state index contributed by atoms with van der Waals surface area (Å²) in [6.07, 6.45) is 2.49. The van der Waals surface area contributed by atoms with Crippen molar-refractivity contribution in [3.8, 4) is 0 Å². The minimum absolute atomic E-state index is 0.0328. The molecule has 106 valence electrons. The van der Waals surface area contributed by atoms with Crippen LogP contribution < -0.4 is 0 Å². The maximum atomic E-state index is 12.3. The largest absolute Gasteiger partial charge is 0.477 e. The molecule has 1 unspecified atom stereocenters. The molecule has 0 spiro atoms. The zero-order valence-electron chi connectivity index (χ0n) is 10.2. The molecule has 1 aliphatic rings. The predicted octanol–water partition coefficient (Wildman–Crippen LogP) is 0.106. The van der Waals surface area contributed by atoms with Crippen LogP contribution in [0.5, 0.6) is 0 Å². The summed E-state index contributed by atoms with van der Waals surface area (Å²) in [4.78, 5) is 13.1. The summed E-state index contributed by atoms with van der Waals surface area (Å²) in [6, 6.07) is 1.12. The number of aliphatic hydroxyl groups excluding tert-OH is 1. The smallest absolute Gasteiger partial charge is 0.352 e. The number of hydrogen-bond acceptors (Lipinski definition) is 4. The summed E-state index contributed by atoms with van der Waals surface area (Å²) in [6.45, 7) is 0.822. The number of H-pyrrole nitrogens is 1. The van der Waals surface area contributed by atoms with Crippen LogP contribution in [0.4, 0.5) is 0 Å². The van der Waals surface area contributed by atoms with Crippen LogP contribution in [0.15, 0.2) is 17.2 Å². The minimum atomic E-state index is -3.65. The molecule has 1 aliphatic heterocycles. The fourth-order valence-electron chi connectivity index (χ4n) is 2.23. The number of aromatic carboxylic acids is 1. The molecule has 0 amide bonds. The van der Waals surface area contributed by atoms with Crippen molar-refractivity contribution in [2.45, 2.75) is 17.7 Å². The Morgan fingerprint density at radius 2 is 2.26 bits per heavy atom. The van der Waals surface area contributed by atoms with Crippen LogP contribution in [-0.4, -0.2) is 53.6 Å². The molecule has 1 saturated heterocycles. The van der Waals surface area contributed by atoms with Gasteiger partial charge in [0.2, 0.25) is 10.0 Å². The van der Waals surface area contributed by atoms with E-state index in [-0.39, 0.29) is 23.1 Å². The second kappa shape index (κ2) is 5.32. The Labute approximate surface area is 110 Å². The van der Waals surface area contributed by atoms with Crippen LogP contribution in [0.1, 0.15) is 23.3 Å². The molecule has 7 nitrogen and oxygen atoms in total. The van der Waals surface area contributed by atoms with Crippen LogP contribution in [0.3, 0.4) is 0 Å². The van der Waals surface area contributed by atoms with Gasteiger partial charge in [0.15, 0.2) is 0 Å². The standard InChI is InChI=1S/C11H16N2O5S/c14-4-2-8-1-3-13(7-8)19(17,18)9-5-10(11(15)16)12-6-9/h5-6,8,12,14H,1-4,7H2,(H,15,16). The van der Waals surface area contributed by atoms with E-state index in [2.05, 4.69) is 4.98 Å². The van der Waals surface area contributed by atoms with Crippen molar-refractivity contribution in [2.75, 3.05) is 19.7 Å². The number of sulfonamides is 1. The summed E-state index contributed by atoms with van der Waals surface area (Å²) in [5.74, 6) is -1.03. The number of hydrogen-bond donors (Lipinski definition) is 3. The van der Waals surface area contributed by atoms with Gasteiger partial charge in [-0.3, -0.25) is 0 Å². The number of aromatic nitrogens is 1. The van der Waals surface area contributed by atoms with Crippen LogP contribution in [-0.2, 0) is 10.0 Å². The number of carboxylic acids is 1. The molecule has 0 bridgehead atoms. The van der Waals surface area contributed by atoms with Crippen molar-refractivity contribution in [2.24, 2.45) is 5.92 Å². The van der Waals surface area contributed by atoms with Crippen molar-refractivity contribution < 1.29 is 23.4 Å². The van der Waals surface area contributed by atoms with Gasteiger partial charge in [-0.1, -0.05) is 0 Å². The van der Waals surface area contributed by atoms with Gasteiger partial charge in [-0.05, 0) is 24.8 Å². The highest BCUT2D eigenvalue weighted by atomic mass is 32.2. The molecular weight excluding hydrogens is 272 g/mol. The Hall–Kier alpha value is -1.38. The third-order valence-corrected chi connectivity index (χ3v) is 5.15. The Balaban J connectivity index is 2.16. The summed E-state index contributed by atoms with van der Waals surface area (Å²) in [5.41, 5.74) is -0.148. The average Bonchev–Trinajstić information content (AvgIpc) is 2.98. The molecule has 1 atom stereocenters. The fourth-order valence-corrected chi connectivity index (χ4v) is 3.76. The lowest BCUT2D eigenvalue weighted by Gasteiger charge is -2.15. The summed E-state index contributed by atoms with van der Waals surface area (Å²) < 4.78 is 25.9. The van der Waals surface area contributed by atoms with Gasteiger partial charge in [-0.2, -0.15) is 4.31 Å². The summed E-state index contributed by atoms with van der Waals surface area (Å²) >= 11 is 0. The van der Waals surface area contributed by atoms with Gasteiger partial charge in [-0.25, -0.2) is 13.2 Å². The van der Waals surface area contributed by atoms with E-state index in [1.807, 2.05) is 0 Å². The zero-order chi connectivity index (χ0) is 14.0. The molecule has 2 rings (SSSR count). The number of nitrogens with zero attached hydrogens (tertiary/aromatic N) is 1. The number of carboxylic acid groups (broad SMARTS) is 1. The van der Waals surface area contributed by atoms with E-state index >= 15 is 0 Å². The topological polar surface area (TPSA) is 111 Å². The average molecular weight is 288 g/mol. The van der Waals surface area contributed by atoms with E-state index in [0.717, 1.165) is 12.5 Å². The van der Waals surface area contributed by atoms with E-state index in [1.54, 1.807) is 0 Å².